The number of anilines is 1. The number of rotatable bonds is 7. The molecule has 0 saturated carbocycles. The number of carbonyl (C=O) groups excluding carboxylic acids is 3. The Bertz CT molecular complexity index is 1050. The van der Waals surface area contributed by atoms with Gasteiger partial charge in [-0.15, -0.1) is 0 Å². The molecule has 0 unspecified atom stereocenters. The van der Waals surface area contributed by atoms with Crippen molar-refractivity contribution in [3.63, 3.8) is 0 Å². The minimum atomic E-state index is -0.782. The standard InChI is InChI=1S/C23H23BrN2O5/c1-4-10-31-20-18(24)12-15(13-19(20)30-5-2)11-17-21(27)25-23(29)26(22(17)28)16-8-6-14(3)7-9-16/h6-9,11-13H,4-5,10H2,1-3H3,(H,25,27,29)/b17-11+. The second-order valence-electron chi connectivity index (χ2n) is 6.90. The molecule has 1 saturated heterocycles. The van der Waals surface area contributed by atoms with Crippen molar-refractivity contribution in [1.82, 2.24) is 5.32 Å². The number of benzene rings is 2. The quantitative estimate of drug-likeness (QED) is 0.456. The lowest BCUT2D eigenvalue weighted by molar-refractivity contribution is -0.122. The van der Waals surface area contributed by atoms with Gasteiger partial charge in [-0.25, -0.2) is 9.69 Å². The van der Waals surface area contributed by atoms with Crippen LogP contribution in [0.2, 0.25) is 0 Å². The van der Waals surface area contributed by atoms with E-state index in [9.17, 15) is 14.4 Å². The zero-order valence-corrected chi connectivity index (χ0v) is 19.1. The molecule has 1 aliphatic rings. The van der Waals surface area contributed by atoms with E-state index in [1.165, 1.54) is 6.08 Å². The van der Waals surface area contributed by atoms with E-state index in [4.69, 9.17) is 9.47 Å². The van der Waals surface area contributed by atoms with Crippen LogP contribution in [0.5, 0.6) is 11.5 Å². The lowest BCUT2D eigenvalue weighted by atomic mass is 10.1. The Labute approximate surface area is 189 Å². The van der Waals surface area contributed by atoms with E-state index in [2.05, 4.69) is 21.2 Å². The fourth-order valence-electron chi connectivity index (χ4n) is 3.03. The number of ether oxygens (including phenoxy) is 2. The number of nitrogens with one attached hydrogen (secondary N) is 1. The third kappa shape index (κ3) is 4.96. The van der Waals surface area contributed by atoms with Gasteiger partial charge in [-0.2, -0.15) is 0 Å². The summed E-state index contributed by atoms with van der Waals surface area (Å²) < 4.78 is 12.1. The predicted octanol–water partition coefficient (Wildman–Crippen LogP) is 4.61. The van der Waals surface area contributed by atoms with Crippen molar-refractivity contribution < 1.29 is 23.9 Å². The first-order chi connectivity index (χ1) is 14.8. The first-order valence-electron chi connectivity index (χ1n) is 9.93. The average molecular weight is 487 g/mol. The van der Waals surface area contributed by atoms with Crippen molar-refractivity contribution in [2.45, 2.75) is 27.2 Å². The number of halogens is 1. The van der Waals surface area contributed by atoms with E-state index in [0.717, 1.165) is 16.9 Å². The van der Waals surface area contributed by atoms with Gasteiger partial charge in [0.2, 0.25) is 0 Å². The fourth-order valence-corrected chi connectivity index (χ4v) is 3.61. The monoisotopic (exact) mass is 486 g/mol. The van der Waals surface area contributed by atoms with Gasteiger partial charge in [0.25, 0.3) is 11.8 Å². The van der Waals surface area contributed by atoms with Gasteiger partial charge in [0, 0.05) is 0 Å². The Morgan fingerprint density at radius 3 is 2.42 bits per heavy atom. The summed E-state index contributed by atoms with van der Waals surface area (Å²) in [5, 5.41) is 2.23. The highest BCUT2D eigenvalue weighted by Crippen LogP contribution is 2.38. The summed E-state index contributed by atoms with van der Waals surface area (Å²) >= 11 is 3.47. The van der Waals surface area contributed by atoms with Crippen LogP contribution in [0.3, 0.4) is 0 Å². The molecule has 0 bridgehead atoms. The molecule has 1 aliphatic heterocycles. The Kier molecular flexibility index (Phi) is 7.12. The maximum absolute atomic E-state index is 13.0. The molecular weight excluding hydrogens is 464 g/mol. The minimum absolute atomic E-state index is 0.156. The molecule has 4 amide bonds. The highest BCUT2D eigenvalue weighted by atomic mass is 79.9. The predicted molar refractivity (Wildman–Crippen MR) is 121 cm³/mol. The molecule has 2 aromatic rings. The Morgan fingerprint density at radius 1 is 1.06 bits per heavy atom. The summed E-state index contributed by atoms with van der Waals surface area (Å²) in [6.45, 7) is 6.70. The smallest absolute Gasteiger partial charge is 0.335 e. The van der Waals surface area contributed by atoms with E-state index in [-0.39, 0.29) is 5.57 Å². The molecule has 2 aromatic carbocycles. The summed E-state index contributed by atoms with van der Waals surface area (Å²) in [7, 11) is 0. The highest BCUT2D eigenvalue weighted by Gasteiger charge is 2.36. The van der Waals surface area contributed by atoms with Crippen molar-refractivity contribution in [2.24, 2.45) is 0 Å². The number of amides is 4. The highest BCUT2D eigenvalue weighted by molar-refractivity contribution is 9.10. The normalized spacial score (nSPS) is 15.3. The summed E-state index contributed by atoms with van der Waals surface area (Å²) in [5.41, 5.74) is 1.76. The SMILES string of the molecule is CCCOc1c(Br)cc(/C=C2\C(=O)NC(=O)N(c3ccc(C)cc3)C2=O)cc1OCC. The molecule has 3 rings (SSSR count). The van der Waals surface area contributed by atoms with E-state index in [1.807, 2.05) is 20.8 Å². The molecule has 0 spiro atoms. The van der Waals surface area contributed by atoms with E-state index >= 15 is 0 Å². The Hall–Kier alpha value is -3.13. The van der Waals surface area contributed by atoms with Gasteiger partial charge in [-0.1, -0.05) is 24.6 Å². The van der Waals surface area contributed by atoms with E-state index in [1.54, 1.807) is 36.4 Å². The number of nitrogens with zero attached hydrogens (tertiary/aromatic N) is 1. The van der Waals surface area contributed by atoms with Crippen LogP contribution in [0.15, 0.2) is 46.4 Å². The van der Waals surface area contributed by atoms with Crippen LogP contribution in [0.4, 0.5) is 10.5 Å². The third-order valence-corrected chi connectivity index (χ3v) is 5.08. The summed E-state index contributed by atoms with van der Waals surface area (Å²) in [6.07, 6.45) is 2.27. The molecular formula is C23H23BrN2O5. The number of barbiturate groups is 1. The van der Waals surface area contributed by atoms with Crippen LogP contribution < -0.4 is 19.7 Å². The van der Waals surface area contributed by atoms with Gasteiger partial charge < -0.3 is 9.47 Å². The molecule has 1 N–H and O–H groups in total. The molecule has 0 atom stereocenters. The van der Waals surface area contributed by atoms with Gasteiger partial charge >= 0.3 is 6.03 Å². The van der Waals surface area contributed by atoms with E-state index in [0.29, 0.717) is 40.4 Å². The van der Waals surface area contributed by atoms with Crippen molar-refractivity contribution in [3.8, 4) is 11.5 Å². The Morgan fingerprint density at radius 2 is 1.77 bits per heavy atom. The van der Waals surface area contributed by atoms with Crippen molar-refractivity contribution >= 4 is 45.5 Å². The number of carbonyl (C=O) groups is 3. The van der Waals surface area contributed by atoms with Gasteiger partial charge in [0.15, 0.2) is 11.5 Å². The number of imide groups is 2. The van der Waals surface area contributed by atoms with Crippen LogP contribution in [0, 0.1) is 6.92 Å². The zero-order valence-electron chi connectivity index (χ0n) is 17.5. The molecule has 0 aromatic heterocycles. The lowest BCUT2D eigenvalue weighted by Gasteiger charge is -2.26. The maximum atomic E-state index is 13.0. The van der Waals surface area contributed by atoms with Crippen LogP contribution in [0.1, 0.15) is 31.4 Å². The minimum Gasteiger partial charge on any atom is -0.490 e. The number of hydrogen-bond acceptors (Lipinski definition) is 5. The second-order valence-corrected chi connectivity index (χ2v) is 7.76. The summed E-state index contributed by atoms with van der Waals surface area (Å²) in [4.78, 5) is 38.8. The van der Waals surface area contributed by atoms with Crippen molar-refractivity contribution in [3.05, 3.63) is 57.6 Å². The third-order valence-electron chi connectivity index (χ3n) is 4.49. The average Bonchev–Trinajstić information content (AvgIpc) is 2.72. The van der Waals surface area contributed by atoms with Crippen molar-refractivity contribution in [1.29, 1.82) is 0 Å². The molecule has 0 radical (unpaired) electrons. The number of hydrogen-bond donors (Lipinski definition) is 1. The molecule has 1 fully saturated rings. The maximum Gasteiger partial charge on any atom is 0.335 e. The molecule has 1 heterocycles. The number of urea groups is 1. The second kappa shape index (κ2) is 9.78. The van der Waals surface area contributed by atoms with Crippen LogP contribution in [-0.4, -0.2) is 31.1 Å². The van der Waals surface area contributed by atoms with Gasteiger partial charge in [0.1, 0.15) is 5.57 Å². The summed E-state index contributed by atoms with van der Waals surface area (Å²) in [6, 6.07) is 9.53. The number of aryl methyl sites for hydroxylation is 1. The largest absolute Gasteiger partial charge is 0.490 e. The fraction of sp³-hybridized carbons (Fsp3) is 0.261. The van der Waals surface area contributed by atoms with Gasteiger partial charge in [-0.3, -0.25) is 14.9 Å². The van der Waals surface area contributed by atoms with Gasteiger partial charge in [-0.05, 0) is 72.1 Å². The van der Waals surface area contributed by atoms with Crippen LogP contribution in [-0.2, 0) is 9.59 Å². The lowest BCUT2D eigenvalue weighted by Crippen LogP contribution is -2.54. The Balaban J connectivity index is 2.00. The van der Waals surface area contributed by atoms with Crippen LogP contribution in [0.25, 0.3) is 6.08 Å². The van der Waals surface area contributed by atoms with E-state index < -0.39 is 17.8 Å². The molecule has 8 heteroatoms. The first kappa shape index (κ1) is 22.6. The molecule has 162 valence electrons. The molecule has 0 aliphatic carbocycles. The van der Waals surface area contributed by atoms with Crippen molar-refractivity contribution in [2.75, 3.05) is 18.1 Å². The van der Waals surface area contributed by atoms with Gasteiger partial charge in [0.05, 0.1) is 23.4 Å². The summed E-state index contributed by atoms with van der Waals surface area (Å²) in [5.74, 6) is -0.397. The molecule has 31 heavy (non-hydrogen) atoms. The first-order valence-corrected chi connectivity index (χ1v) is 10.7. The zero-order chi connectivity index (χ0) is 22.5. The molecule has 7 nitrogen and oxygen atoms in total. The topological polar surface area (TPSA) is 84.9 Å². The van der Waals surface area contributed by atoms with Crippen LogP contribution >= 0.6 is 15.9 Å².